The largest absolute Gasteiger partial charge is 0.444 e. The Morgan fingerprint density at radius 3 is 1.91 bits per heavy atom. The number of carbonyl (C=O) groups excluding carboxylic acids is 2. The Bertz CT molecular complexity index is 400. The van der Waals surface area contributed by atoms with Crippen LogP contribution in [0.1, 0.15) is 74.7 Å². The van der Waals surface area contributed by atoms with E-state index in [2.05, 4.69) is 17.9 Å². The van der Waals surface area contributed by atoms with E-state index in [9.17, 15) is 9.59 Å². The Kier molecular flexibility index (Phi) is 8.15. The van der Waals surface area contributed by atoms with E-state index >= 15 is 0 Å². The van der Waals surface area contributed by atoms with Crippen molar-refractivity contribution in [2.24, 2.45) is 11.3 Å². The van der Waals surface area contributed by atoms with Gasteiger partial charge in [-0.05, 0) is 33.6 Å². The van der Waals surface area contributed by atoms with Crippen molar-refractivity contribution in [3.63, 3.8) is 0 Å². The first-order chi connectivity index (χ1) is 10.1. The Hall–Kier alpha value is -0.710. The molecule has 4 nitrogen and oxygen atoms in total. The summed E-state index contributed by atoms with van der Waals surface area (Å²) >= 11 is 4.61. The molecule has 5 heteroatoms. The van der Waals surface area contributed by atoms with Crippen LogP contribution in [0.25, 0.3) is 0 Å². The lowest BCUT2D eigenvalue weighted by Gasteiger charge is -2.33. The van der Waals surface area contributed by atoms with Crippen molar-refractivity contribution >= 4 is 24.5 Å². The first kappa shape index (κ1) is 22.3. The Labute approximate surface area is 147 Å². The highest BCUT2D eigenvalue weighted by Crippen LogP contribution is 2.34. The van der Waals surface area contributed by atoms with Crippen LogP contribution in [0, 0.1) is 11.3 Å². The second-order valence-corrected chi connectivity index (χ2v) is 9.90. The normalized spacial score (nSPS) is 14.3. The second-order valence-electron chi connectivity index (χ2n) is 8.74. The Balaban J connectivity index is 4.31. The van der Waals surface area contributed by atoms with Gasteiger partial charge < -0.3 is 10.1 Å². The lowest BCUT2D eigenvalue weighted by molar-refractivity contribution is -0.131. The molecule has 0 aliphatic rings. The van der Waals surface area contributed by atoms with Crippen LogP contribution in [0.3, 0.4) is 0 Å². The van der Waals surface area contributed by atoms with Crippen LogP contribution in [-0.2, 0) is 9.53 Å². The molecule has 0 rings (SSSR count). The quantitative estimate of drug-likeness (QED) is 0.523. The number of nitrogens with one attached hydrogen (secondary N) is 1. The predicted molar refractivity (Wildman–Crippen MR) is 99.1 cm³/mol. The highest BCUT2D eigenvalue weighted by Gasteiger charge is 2.37. The van der Waals surface area contributed by atoms with Crippen LogP contribution in [-0.4, -0.2) is 28.8 Å². The van der Waals surface area contributed by atoms with Crippen LogP contribution >= 0.6 is 12.6 Å². The third kappa shape index (κ3) is 9.90. The highest BCUT2D eigenvalue weighted by molar-refractivity contribution is 7.81. The molecule has 0 aromatic rings. The van der Waals surface area contributed by atoms with E-state index in [0.29, 0.717) is 6.54 Å². The van der Waals surface area contributed by atoms with Crippen molar-refractivity contribution in [2.45, 2.75) is 85.0 Å². The number of unbranched alkanes of at least 4 members (excludes halogenated alkanes) is 1. The molecule has 0 bridgehead atoms. The molecular weight excluding hydrogens is 310 g/mol. The molecule has 1 amide bonds. The summed E-state index contributed by atoms with van der Waals surface area (Å²) in [4.78, 5) is 24.2. The molecule has 0 aliphatic carbocycles. The van der Waals surface area contributed by atoms with E-state index in [4.69, 9.17) is 4.74 Å². The lowest BCUT2D eigenvalue weighted by Crippen LogP contribution is -2.39. The van der Waals surface area contributed by atoms with Gasteiger partial charge in [-0.3, -0.25) is 4.79 Å². The van der Waals surface area contributed by atoms with Crippen molar-refractivity contribution in [3.05, 3.63) is 0 Å². The lowest BCUT2D eigenvalue weighted by atomic mass is 9.75. The summed E-state index contributed by atoms with van der Waals surface area (Å²) in [5.74, 6) is 0.157. The molecule has 0 aliphatic heterocycles. The van der Waals surface area contributed by atoms with Gasteiger partial charge in [0.25, 0.3) is 0 Å². The standard InChI is InChI=1S/C18H35NO3S/c1-16(2,3)14(20)13(18(7,8)23)11-9-10-12-19-15(21)22-17(4,5)6/h13,23H,9-12H2,1-8H3,(H,19,21)/t13-/m0/s1. The second kappa shape index (κ2) is 8.41. The summed E-state index contributed by atoms with van der Waals surface area (Å²) in [7, 11) is 0. The number of thiol groups is 1. The van der Waals surface area contributed by atoms with Crippen molar-refractivity contribution in [2.75, 3.05) is 6.54 Å². The summed E-state index contributed by atoms with van der Waals surface area (Å²) in [5.41, 5.74) is -0.843. The van der Waals surface area contributed by atoms with Gasteiger partial charge in [-0.15, -0.1) is 0 Å². The van der Waals surface area contributed by atoms with E-state index in [1.165, 1.54) is 0 Å². The average molecular weight is 346 g/mol. The minimum Gasteiger partial charge on any atom is -0.444 e. The summed E-state index contributed by atoms with van der Waals surface area (Å²) in [5, 5.41) is 2.75. The van der Waals surface area contributed by atoms with Crippen LogP contribution < -0.4 is 5.32 Å². The smallest absolute Gasteiger partial charge is 0.407 e. The number of carbonyl (C=O) groups is 2. The van der Waals surface area contributed by atoms with Crippen LogP contribution in [0.4, 0.5) is 4.79 Å². The van der Waals surface area contributed by atoms with Gasteiger partial charge in [0, 0.05) is 22.6 Å². The van der Waals surface area contributed by atoms with E-state index < -0.39 is 11.7 Å². The van der Waals surface area contributed by atoms with Crippen LogP contribution in [0.2, 0.25) is 0 Å². The number of alkyl carbamates (subject to hydrolysis) is 1. The third-order valence-electron chi connectivity index (χ3n) is 3.50. The predicted octanol–water partition coefficient (Wildman–Crippen LogP) is 4.62. The SMILES string of the molecule is CC(C)(C)OC(=O)NCCCC[C@@H](C(=O)C(C)(C)C)C(C)(C)S. The van der Waals surface area contributed by atoms with Crippen LogP contribution in [0.15, 0.2) is 0 Å². The molecule has 0 aromatic heterocycles. The maximum Gasteiger partial charge on any atom is 0.407 e. The Morgan fingerprint density at radius 2 is 1.52 bits per heavy atom. The van der Waals surface area contributed by atoms with Crippen LogP contribution in [0.5, 0.6) is 0 Å². The van der Waals surface area contributed by atoms with E-state index in [1.54, 1.807) is 0 Å². The molecule has 0 unspecified atom stereocenters. The van der Waals surface area contributed by atoms with Crippen molar-refractivity contribution < 1.29 is 14.3 Å². The highest BCUT2D eigenvalue weighted by atomic mass is 32.1. The topological polar surface area (TPSA) is 55.4 Å². The molecule has 0 spiro atoms. The molecule has 0 fully saturated rings. The summed E-state index contributed by atoms with van der Waals surface area (Å²) in [6, 6.07) is 0. The summed E-state index contributed by atoms with van der Waals surface area (Å²) in [6.07, 6.45) is 2.07. The molecular formula is C18H35NO3S. The molecule has 0 radical (unpaired) electrons. The van der Waals surface area contributed by atoms with E-state index in [-0.39, 0.29) is 21.9 Å². The number of rotatable bonds is 7. The maximum absolute atomic E-state index is 12.6. The maximum atomic E-state index is 12.6. The molecule has 0 saturated heterocycles. The average Bonchev–Trinajstić information content (AvgIpc) is 2.27. The van der Waals surface area contributed by atoms with Gasteiger partial charge in [-0.1, -0.05) is 41.0 Å². The molecule has 0 heterocycles. The monoisotopic (exact) mass is 345 g/mol. The van der Waals surface area contributed by atoms with Gasteiger partial charge in [0.15, 0.2) is 0 Å². The van der Waals surface area contributed by atoms with Gasteiger partial charge in [-0.25, -0.2) is 4.79 Å². The first-order valence-electron chi connectivity index (χ1n) is 8.38. The summed E-state index contributed by atoms with van der Waals surface area (Å²) in [6.45, 7) is 15.9. The van der Waals surface area contributed by atoms with Gasteiger partial charge in [0.05, 0.1) is 0 Å². The zero-order valence-corrected chi connectivity index (χ0v) is 17.0. The number of hydrogen-bond donors (Lipinski definition) is 2. The Morgan fingerprint density at radius 1 is 1.00 bits per heavy atom. The minimum absolute atomic E-state index is 0.0904. The van der Waals surface area contributed by atoms with E-state index in [1.807, 2.05) is 55.4 Å². The molecule has 1 atom stereocenters. The fourth-order valence-corrected chi connectivity index (χ4v) is 2.55. The van der Waals surface area contributed by atoms with Crippen molar-refractivity contribution in [1.82, 2.24) is 5.32 Å². The third-order valence-corrected chi connectivity index (χ3v) is 3.81. The molecule has 1 N–H and O–H groups in total. The number of ether oxygens (including phenoxy) is 1. The van der Waals surface area contributed by atoms with Crippen molar-refractivity contribution in [3.8, 4) is 0 Å². The zero-order chi connectivity index (χ0) is 18.5. The fraction of sp³-hybridized carbons (Fsp3) is 0.889. The summed E-state index contributed by atoms with van der Waals surface area (Å²) < 4.78 is 4.84. The van der Waals surface area contributed by atoms with Crippen molar-refractivity contribution in [1.29, 1.82) is 0 Å². The van der Waals surface area contributed by atoms with Gasteiger partial charge in [0.2, 0.25) is 0 Å². The number of amides is 1. The number of Topliss-reactive ketones (excluding diaryl/α,β-unsaturated/α-hetero) is 1. The fourth-order valence-electron chi connectivity index (χ4n) is 2.31. The van der Waals surface area contributed by atoms with Gasteiger partial charge in [0.1, 0.15) is 11.4 Å². The van der Waals surface area contributed by atoms with E-state index in [0.717, 1.165) is 19.3 Å². The zero-order valence-electron chi connectivity index (χ0n) is 16.1. The number of ketones is 1. The molecule has 0 saturated carbocycles. The molecule has 136 valence electrons. The van der Waals surface area contributed by atoms with Gasteiger partial charge >= 0.3 is 6.09 Å². The first-order valence-corrected chi connectivity index (χ1v) is 8.83. The molecule has 0 aromatic carbocycles. The molecule has 23 heavy (non-hydrogen) atoms. The number of hydrogen-bond acceptors (Lipinski definition) is 4. The van der Waals surface area contributed by atoms with Gasteiger partial charge in [-0.2, -0.15) is 12.6 Å². The minimum atomic E-state index is -0.482.